The second-order valence-electron chi connectivity index (χ2n) is 4.77. The molecule has 0 aliphatic heterocycles. The fourth-order valence-corrected chi connectivity index (χ4v) is 2.09. The molecule has 0 aliphatic carbocycles. The number of carbonyl (C=O) groups excluding carboxylic acids is 1. The summed E-state index contributed by atoms with van der Waals surface area (Å²) in [6.45, 7) is 6.33. The lowest BCUT2D eigenvalue weighted by Gasteiger charge is -2.10. The van der Waals surface area contributed by atoms with Crippen molar-refractivity contribution in [3.63, 3.8) is 0 Å². The lowest BCUT2D eigenvalue weighted by Crippen LogP contribution is -2.26. The van der Waals surface area contributed by atoms with Crippen molar-refractivity contribution in [3.05, 3.63) is 41.0 Å². The maximum absolute atomic E-state index is 12.0. The monoisotopic (exact) mass is 289 g/mol. The van der Waals surface area contributed by atoms with Crippen LogP contribution in [0.15, 0.2) is 18.3 Å². The lowest BCUT2D eigenvalue weighted by molar-refractivity contribution is 0.0939. The number of hydrogen-bond donors (Lipinski definition) is 2. The fourth-order valence-electron chi connectivity index (χ4n) is 2.09. The standard InChI is InChI=1S/C14H19N5O2/c1-4-19-13(8-16-18-19)14(21)15-7-11-5-6-12(10(3)20)9(2)17-11/h5-6,8,10,20H,4,7H2,1-3H3,(H,15,21). The Morgan fingerprint density at radius 3 is 2.86 bits per heavy atom. The van der Waals surface area contributed by atoms with Crippen LogP contribution in [0.2, 0.25) is 0 Å². The van der Waals surface area contributed by atoms with E-state index in [1.165, 1.54) is 10.9 Å². The SMILES string of the molecule is CCn1nncc1C(=O)NCc1ccc(C(C)O)c(C)n1. The fraction of sp³-hybridized carbons (Fsp3) is 0.429. The van der Waals surface area contributed by atoms with Crippen LogP contribution >= 0.6 is 0 Å². The van der Waals surface area contributed by atoms with E-state index in [1.807, 2.05) is 19.9 Å². The number of nitrogens with one attached hydrogen (secondary N) is 1. The number of aliphatic hydroxyl groups is 1. The normalized spacial score (nSPS) is 12.2. The van der Waals surface area contributed by atoms with Crippen molar-refractivity contribution in [3.8, 4) is 0 Å². The molecule has 7 heteroatoms. The zero-order valence-electron chi connectivity index (χ0n) is 12.4. The van der Waals surface area contributed by atoms with Gasteiger partial charge in [-0.15, -0.1) is 5.10 Å². The zero-order chi connectivity index (χ0) is 15.4. The lowest BCUT2D eigenvalue weighted by atomic mass is 10.1. The van der Waals surface area contributed by atoms with E-state index in [0.29, 0.717) is 18.8 Å². The van der Waals surface area contributed by atoms with Gasteiger partial charge in [-0.1, -0.05) is 11.3 Å². The quantitative estimate of drug-likeness (QED) is 0.856. The summed E-state index contributed by atoms with van der Waals surface area (Å²) in [4.78, 5) is 16.4. The second-order valence-corrected chi connectivity index (χ2v) is 4.77. The summed E-state index contributed by atoms with van der Waals surface area (Å²) >= 11 is 0. The molecular weight excluding hydrogens is 270 g/mol. The molecule has 0 radical (unpaired) electrons. The number of nitrogens with zero attached hydrogens (tertiary/aromatic N) is 4. The van der Waals surface area contributed by atoms with Crippen molar-refractivity contribution < 1.29 is 9.90 Å². The van der Waals surface area contributed by atoms with Gasteiger partial charge >= 0.3 is 0 Å². The molecule has 2 rings (SSSR count). The van der Waals surface area contributed by atoms with Crippen molar-refractivity contribution in [2.24, 2.45) is 0 Å². The smallest absolute Gasteiger partial charge is 0.271 e. The van der Waals surface area contributed by atoms with Gasteiger partial charge in [-0.2, -0.15) is 0 Å². The van der Waals surface area contributed by atoms with Crippen molar-refractivity contribution in [2.45, 2.75) is 40.0 Å². The molecule has 7 nitrogen and oxygen atoms in total. The van der Waals surface area contributed by atoms with Gasteiger partial charge in [-0.05, 0) is 26.8 Å². The Bertz CT molecular complexity index is 636. The van der Waals surface area contributed by atoms with E-state index >= 15 is 0 Å². The molecule has 0 bridgehead atoms. The first kappa shape index (κ1) is 15.1. The van der Waals surface area contributed by atoms with Gasteiger partial charge in [0.1, 0.15) is 5.69 Å². The molecule has 2 heterocycles. The Hall–Kier alpha value is -2.28. The molecule has 2 aromatic heterocycles. The summed E-state index contributed by atoms with van der Waals surface area (Å²) in [6, 6.07) is 3.62. The molecule has 0 aromatic carbocycles. The average Bonchev–Trinajstić information content (AvgIpc) is 2.92. The van der Waals surface area contributed by atoms with Crippen LogP contribution in [0.25, 0.3) is 0 Å². The van der Waals surface area contributed by atoms with E-state index in [-0.39, 0.29) is 5.91 Å². The molecule has 112 valence electrons. The van der Waals surface area contributed by atoms with E-state index in [1.54, 1.807) is 13.0 Å². The highest BCUT2D eigenvalue weighted by atomic mass is 16.3. The molecule has 0 saturated heterocycles. The van der Waals surface area contributed by atoms with Crippen molar-refractivity contribution in [1.82, 2.24) is 25.3 Å². The number of aromatic nitrogens is 4. The van der Waals surface area contributed by atoms with E-state index in [4.69, 9.17) is 0 Å². The molecule has 21 heavy (non-hydrogen) atoms. The summed E-state index contributed by atoms with van der Waals surface area (Å²) in [5.41, 5.74) is 2.71. The van der Waals surface area contributed by atoms with E-state index < -0.39 is 6.10 Å². The molecule has 0 saturated carbocycles. The Labute approximate surface area is 123 Å². The van der Waals surface area contributed by atoms with Crippen molar-refractivity contribution in [1.29, 1.82) is 0 Å². The van der Waals surface area contributed by atoms with Gasteiger partial charge in [0.2, 0.25) is 0 Å². The molecule has 1 amide bonds. The van der Waals surface area contributed by atoms with Gasteiger partial charge in [-0.25, -0.2) is 4.68 Å². The van der Waals surface area contributed by atoms with Crippen LogP contribution in [0.4, 0.5) is 0 Å². The first-order chi connectivity index (χ1) is 10.0. The summed E-state index contributed by atoms with van der Waals surface area (Å²) < 4.78 is 1.53. The number of hydrogen-bond acceptors (Lipinski definition) is 5. The van der Waals surface area contributed by atoms with Crippen LogP contribution in [0, 0.1) is 6.92 Å². The van der Waals surface area contributed by atoms with Crippen LogP contribution in [0.1, 0.15) is 47.4 Å². The summed E-state index contributed by atoms with van der Waals surface area (Å²) in [5, 5.41) is 19.9. The predicted octanol–water partition coefficient (Wildman–Crippen LogP) is 0.985. The molecule has 0 spiro atoms. The molecule has 2 N–H and O–H groups in total. The number of aliphatic hydroxyl groups excluding tert-OH is 1. The van der Waals surface area contributed by atoms with Crippen molar-refractivity contribution >= 4 is 5.91 Å². The summed E-state index contributed by atoms with van der Waals surface area (Å²) in [5.74, 6) is -0.235. The van der Waals surface area contributed by atoms with E-state index in [9.17, 15) is 9.90 Å². The van der Waals surface area contributed by atoms with Gasteiger partial charge < -0.3 is 10.4 Å². The van der Waals surface area contributed by atoms with Crippen LogP contribution < -0.4 is 5.32 Å². The molecular formula is C14H19N5O2. The molecule has 1 unspecified atom stereocenters. The Balaban J connectivity index is 2.03. The number of amides is 1. The minimum absolute atomic E-state index is 0.235. The van der Waals surface area contributed by atoms with E-state index in [2.05, 4.69) is 20.6 Å². The first-order valence-corrected chi connectivity index (χ1v) is 6.84. The van der Waals surface area contributed by atoms with Gasteiger partial charge in [0.15, 0.2) is 0 Å². The van der Waals surface area contributed by atoms with Gasteiger partial charge in [-0.3, -0.25) is 9.78 Å². The number of aryl methyl sites for hydroxylation is 2. The van der Waals surface area contributed by atoms with Gasteiger partial charge in [0.05, 0.1) is 24.5 Å². The topological polar surface area (TPSA) is 92.9 Å². The third-order valence-electron chi connectivity index (χ3n) is 3.21. The minimum atomic E-state index is -0.550. The molecule has 2 aromatic rings. The third-order valence-corrected chi connectivity index (χ3v) is 3.21. The van der Waals surface area contributed by atoms with Crippen LogP contribution in [0.5, 0.6) is 0 Å². The minimum Gasteiger partial charge on any atom is -0.389 e. The third kappa shape index (κ3) is 3.43. The molecule has 1 atom stereocenters. The number of carbonyl (C=O) groups is 1. The maximum atomic E-state index is 12.0. The average molecular weight is 289 g/mol. The van der Waals surface area contributed by atoms with Gasteiger partial charge in [0.25, 0.3) is 5.91 Å². The summed E-state index contributed by atoms with van der Waals surface area (Å²) in [6.07, 6.45) is 0.889. The largest absolute Gasteiger partial charge is 0.389 e. The van der Waals surface area contributed by atoms with Gasteiger partial charge in [0, 0.05) is 17.8 Å². The Morgan fingerprint density at radius 2 is 2.24 bits per heavy atom. The Morgan fingerprint density at radius 1 is 1.48 bits per heavy atom. The molecule has 0 aliphatic rings. The first-order valence-electron chi connectivity index (χ1n) is 6.84. The summed E-state index contributed by atoms with van der Waals surface area (Å²) in [7, 11) is 0. The molecule has 0 fully saturated rings. The second kappa shape index (κ2) is 6.45. The van der Waals surface area contributed by atoms with Crippen molar-refractivity contribution in [2.75, 3.05) is 0 Å². The van der Waals surface area contributed by atoms with E-state index in [0.717, 1.165) is 17.0 Å². The van der Waals surface area contributed by atoms with Crippen LogP contribution in [-0.4, -0.2) is 31.0 Å². The predicted molar refractivity (Wildman–Crippen MR) is 76.5 cm³/mol. The Kier molecular flexibility index (Phi) is 4.64. The highest BCUT2D eigenvalue weighted by molar-refractivity contribution is 5.92. The highest BCUT2D eigenvalue weighted by Crippen LogP contribution is 2.15. The zero-order valence-corrected chi connectivity index (χ0v) is 12.4. The number of rotatable bonds is 5. The van der Waals surface area contributed by atoms with Crippen LogP contribution in [0.3, 0.4) is 0 Å². The number of pyridine rings is 1. The van der Waals surface area contributed by atoms with Crippen LogP contribution in [-0.2, 0) is 13.1 Å². The maximum Gasteiger partial charge on any atom is 0.271 e. The highest BCUT2D eigenvalue weighted by Gasteiger charge is 2.12.